The van der Waals surface area contributed by atoms with Crippen LogP contribution in [0.25, 0.3) is 0 Å². The summed E-state index contributed by atoms with van der Waals surface area (Å²) in [4.78, 5) is 14.2. The van der Waals surface area contributed by atoms with Gasteiger partial charge in [-0.15, -0.1) is 12.4 Å². The van der Waals surface area contributed by atoms with E-state index in [0.717, 1.165) is 6.54 Å². The van der Waals surface area contributed by atoms with Crippen LogP contribution in [0.2, 0.25) is 10.0 Å². The molecule has 0 aliphatic carbocycles. The van der Waals surface area contributed by atoms with Crippen LogP contribution in [0.15, 0.2) is 28.8 Å². The van der Waals surface area contributed by atoms with Gasteiger partial charge in [-0.1, -0.05) is 34.4 Å². The first-order valence-corrected chi connectivity index (χ1v) is 8.35. The van der Waals surface area contributed by atoms with Crippen LogP contribution < -0.4 is 10.1 Å². The van der Waals surface area contributed by atoms with E-state index < -0.39 is 0 Å². The summed E-state index contributed by atoms with van der Waals surface area (Å²) in [5.74, 6) is 0.660. The second-order valence-electron chi connectivity index (χ2n) is 5.62. The third-order valence-corrected chi connectivity index (χ3v) is 4.31. The minimum atomic E-state index is -0.144. The van der Waals surface area contributed by atoms with E-state index >= 15 is 0 Å². The Morgan fingerprint density at radius 2 is 2.16 bits per heavy atom. The number of rotatable bonds is 4. The molecule has 0 radical (unpaired) electrons. The molecular formula is C16H18Cl3N3O3. The normalized spacial score (nSPS) is 17.1. The van der Waals surface area contributed by atoms with Gasteiger partial charge in [-0.2, -0.15) is 0 Å². The number of aromatic nitrogens is 1. The Balaban J connectivity index is 0.00000225. The average molecular weight is 407 g/mol. The first kappa shape index (κ1) is 19.8. The van der Waals surface area contributed by atoms with Crippen LogP contribution in [0.4, 0.5) is 0 Å². The molecule has 1 N–H and O–H groups in total. The molecule has 0 saturated carbocycles. The molecule has 1 aliphatic rings. The Bertz CT molecular complexity index is 718. The van der Waals surface area contributed by atoms with Crippen molar-refractivity contribution in [3.05, 3.63) is 45.8 Å². The van der Waals surface area contributed by atoms with Crippen molar-refractivity contribution in [3.63, 3.8) is 0 Å². The van der Waals surface area contributed by atoms with E-state index in [2.05, 4.69) is 10.5 Å². The van der Waals surface area contributed by atoms with Crippen LogP contribution in [-0.4, -0.2) is 41.6 Å². The molecule has 1 aromatic carbocycles. The highest BCUT2D eigenvalue weighted by molar-refractivity contribution is 6.37. The van der Waals surface area contributed by atoms with Crippen LogP contribution in [-0.2, 0) is 6.61 Å². The van der Waals surface area contributed by atoms with Crippen molar-refractivity contribution < 1.29 is 14.1 Å². The Morgan fingerprint density at radius 3 is 2.84 bits per heavy atom. The molecular weight excluding hydrogens is 389 g/mol. The van der Waals surface area contributed by atoms with Gasteiger partial charge in [0.1, 0.15) is 6.61 Å². The van der Waals surface area contributed by atoms with Gasteiger partial charge in [0, 0.05) is 31.7 Å². The van der Waals surface area contributed by atoms with Crippen LogP contribution >= 0.6 is 35.6 Å². The smallest absolute Gasteiger partial charge is 0.276 e. The lowest BCUT2D eigenvalue weighted by atomic mass is 10.2. The number of para-hydroxylation sites is 1. The molecule has 25 heavy (non-hydrogen) atoms. The number of benzene rings is 1. The van der Waals surface area contributed by atoms with Crippen molar-refractivity contribution in [1.29, 1.82) is 0 Å². The molecule has 1 atom stereocenters. The molecule has 6 nitrogen and oxygen atoms in total. The van der Waals surface area contributed by atoms with E-state index in [1.807, 2.05) is 6.92 Å². The summed E-state index contributed by atoms with van der Waals surface area (Å²) in [7, 11) is 0. The average Bonchev–Trinajstić information content (AvgIpc) is 3.02. The number of amides is 1. The van der Waals surface area contributed by atoms with Crippen molar-refractivity contribution in [2.24, 2.45) is 0 Å². The maximum atomic E-state index is 12.4. The van der Waals surface area contributed by atoms with E-state index in [0.29, 0.717) is 34.6 Å². The Morgan fingerprint density at radius 1 is 1.44 bits per heavy atom. The van der Waals surface area contributed by atoms with Crippen molar-refractivity contribution >= 4 is 41.5 Å². The van der Waals surface area contributed by atoms with E-state index in [-0.39, 0.29) is 36.7 Å². The second kappa shape index (κ2) is 8.76. The lowest BCUT2D eigenvalue weighted by molar-refractivity contribution is 0.0698. The summed E-state index contributed by atoms with van der Waals surface area (Å²) >= 11 is 12.1. The molecule has 9 heteroatoms. The lowest BCUT2D eigenvalue weighted by Crippen LogP contribution is -2.51. The summed E-state index contributed by atoms with van der Waals surface area (Å²) in [6, 6.07) is 6.95. The number of hydrogen-bond acceptors (Lipinski definition) is 5. The Kier molecular flexibility index (Phi) is 6.95. The second-order valence-corrected chi connectivity index (χ2v) is 6.44. The van der Waals surface area contributed by atoms with Gasteiger partial charge in [0.2, 0.25) is 0 Å². The van der Waals surface area contributed by atoms with E-state index in [4.69, 9.17) is 32.5 Å². The third-order valence-electron chi connectivity index (χ3n) is 3.71. The zero-order valence-electron chi connectivity index (χ0n) is 13.5. The number of halogens is 3. The van der Waals surface area contributed by atoms with Gasteiger partial charge >= 0.3 is 0 Å². The van der Waals surface area contributed by atoms with Crippen LogP contribution in [0, 0.1) is 0 Å². The van der Waals surface area contributed by atoms with Gasteiger partial charge in [-0.3, -0.25) is 4.79 Å². The van der Waals surface area contributed by atoms with Crippen LogP contribution in [0.1, 0.15) is 23.2 Å². The van der Waals surface area contributed by atoms with Gasteiger partial charge in [0.05, 0.1) is 10.0 Å². The molecule has 1 amide bonds. The van der Waals surface area contributed by atoms with Gasteiger partial charge in [-0.25, -0.2) is 0 Å². The quantitative estimate of drug-likeness (QED) is 0.843. The predicted octanol–water partition coefficient (Wildman–Crippen LogP) is 3.42. The van der Waals surface area contributed by atoms with Gasteiger partial charge < -0.3 is 19.5 Å². The minimum absolute atomic E-state index is 0. The highest BCUT2D eigenvalue weighted by Gasteiger charge is 2.24. The van der Waals surface area contributed by atoms with Crippen molar-refractivity contribution in [1.82, 2.24) is 15.4 Å². The number of hydrogen-bond donors (Lipinski definition) is 1. The summed E-state index contributed by atoms with van der Waals surface area (Å²) in [5, 5.41) is 7.95. The van der Waals surface area contributed by atoms with Crippen LogP contribution in [0.3, 0.4) is 0 Å². The fourth-order valence-electron chi connectivity index (χ4n) is 2.52. The topological polar surface area (TPSA) is 67.6 Å². The minimum Gasteiger partial charge on any atom is -0.482 e. The van der Waals surface area contributed by atoms with Gasteiger partial charge in [-0.05, 0) is 19.1 Å². The monoisotopic (exact) mass is 405 g/mol. The SMILES string of the molecule is CC1CN(C(=O)c2cc(COc3c(Cl)cccc3Cl)on2)CCN1.Cl. The summed E-state index contributed by atoms with van der Waals surface area (Å²) < 4.78 is 10.8. The molecule has 1 aliphatic heterocycles. The number of piperazine rings is 1. The molecule has 0 spiro atoms. The number of nitrogens with zero attached hydrogens (tertiary/aromatic N) is 2. The molecule has 3 rings (SSSR count). The van der Waals surface area contributed by atoms with Crippen molar-refractivity contribution in [2.45, 2.75) is 19.6 Å². The number of nitrogens with one attached hydrogen (secondary N) is 1. The fourth-order valence-corrected chi connectivity index (χ4v) is 3.03. The molecule has 2 heterocycles. The highest BCUT2D eigenvalue weighted by atomic mass is 35.5. The van der Waals surface area contributed by atoms with Crippen molar-refractivity contribution in [3.8, 4) is 5.75 Å². The van der Waals surface area contributed by atoms with Gasteiger partial charge in [0.15, 0.2) is 17.2 Å². The molecule has 1 aromatic heterocycles. The third kappa shape index (κ3) is 4.79. The molecule has 1 unspecified atom stereocenters. The van der Waals surface area contributed by atoms with E-state index in [9.17, 15) is 4.79 Å². The number of ether oxygens (including phenoxy) is 1. The van der Waals surface area contributed by atoms with Gasteiger partial charge in [0.25, 0.3) is 5.91 Å². The molecule has 1 fully saturated rings. The fraction of sp³-hybridized carbons (Fsp3) is 0.375. The zero-order chi connectivity index (χ0) is 17.1. The summed E-state index contributed by atoms with van der Waals surface area (Å²) in [5.41, 5.74) is 0.271. The molecule has 136 valence electrons. The number of carbonyl (C=O) groups excluding carboxylic acids is 1. The van der Waals surface area contributed by atoms with Crippen LogP contribution in [0.5, 0.6) is 5.75 Å². The highest BCUT2D eigenvalue weighted by Crippen LogP contribution is 2.32. The van der Waals surface area contributed by atoms with E-state index in [1.165, 1.54) is 0 Å². The largest absolute Gasteiger partial charge is 0.482 e. The Labute approximate surface area is 161 Å². The first-order valence-electron chi connectivity index (χ1n) is 7.59. The first-order chi connectivity index (χ1) is 11.5. The molecule has 1 saturated heterocycles. The van der Waals surface area contributed by atoms with E-state index in [1.54, 1.807) is 29.2 Å². The number of carbonyl (C=O) groups is 1. The maximum Gasteiger partial charge on any atom is 0.276 e. The Hall–Kier alpha value is -1.47. The summed E-state index contributed by atoms with van der Waals surface area (Å²) in [6.45, 7) is 4.19. The zero-order valence-corrected chi connectivity index (χ0v) is 15.8. The summed E-state index contributed by atoms with van der Waals surface area (Å²) in [6.07, 6.45) is 0. The predicted molar refractivity (Wildman–Crippen MR) is 97.9 cm³/mol. The molecule has 0 bridgehead atoms. The molecule has 2 aromatic rings. The van der Waals surface area contributed by atoms with Crippen molar-refractivity contribution in [2.75, 3.05) is 19.6 Å². The maximum absolute atomic E-state index is 12.4. The standard InChI is InChI=1S/C16H17Cl2N3O3.ClH/c1-10-8-21(6-5-19-10)16(22)14-7-11(24-20-14)9-23-15-12(17)3-2-4-13(15)18;/h2-4,7,10,19H,5-6,8-9H2,1H3;1H. The lowest BCUT2D eigenvalue weighted by Gasteiger charge is -2.31.